The average Bonchev–Trinajstić information content (AvgIpc) is 2.76. The molecule has 1 heterocycles. The van der Waals surface area contributed by atoms with E-state index in [0.717, 1.165) is 0 Å². The van der Waals surface area contributed by atoms with Crippen LogP contribution in [0.1, 0.15) is 37.2 Å². The second-order valence-electron chi connectivity index (χ2n) is 4.65. The molecule has 0 aliphatic carbocycles. The first kappa shape index (κ1) is 14.9. The predicted octanol–water partition coefficient (Wildman–Crippen LogP) is 2.95. The number of rotatable bonds is 4. The van der Waals surface area contributed by atoms with Crippen LogP contribution < -0.4 is 11.3 Å². The fraction of sp³-hybridized carbons (Fsp3) is 0.308. The quantitative estimate of drug-likeness (QED) is 0.674. The monoisotopic (exact) mass is 300 g/mol. The van der Waals surface area contributed by atoms with Gasteiger partial charge in [-0.3, -0.25) is 10.5 Å². The molecular formula is C13H15ClF2N4. The molecule has 1 unspecified atom stereocenters. The Hall–Kier alpha value is -1.50. The molecule has 1 aromatic heterocycles. The van der Waals surface area contributed by atoms with E-state index in [1.54, 1.807) is 4.68 Å². The molecule has 0 bridgehead atoms. The molecule has 0 spiro atoms. The molecule has 4 nitrogen and oxygen atoms in total. The molecule has 1 aromatic carbocycles. The van der Waals surface area contributed by atoms with Gasteiger partial charge in [-0.1, -0.05) is 17.7 Å². The highest BCUT2D eigenvalue weighted by Crippen LogP contribution is 2.32. The highest BCUT2D eigenvalue weighted by atomic mass is 35.5. The van der Waals surface area contributed by atoms with E-state index in [0.29, 0.717) is 10.7 Å². The van der Waals surface area contributed by atoms with Gasteiger partial charge in [0, 0.05) is 11.6 Å². The molecule has 0 saturated carbocycles. The van der Waals surface area contributed by atoms with Crippen molar-refractivity contribution in [2.45, 2.75) is 25.9 Å². The van der Waals surface area contributed by atoms with Crippen LogP contribution in [0.4, 0.5) is 8.78 Å². The summed E-state index contributed by atoms with van der Waals surface area (Å²) < 4.78 is 29.5. The van der Waals surface area contributed by atoms with E-state index in [-0.39, 0.29) is 11.6 Å². The maximum absolute atomic E-state index is 13.9. The summed E-state index contributed by atoms with van der Waals surface area (Å²) in [7, 11) is 0. The zero-order valence-electron chi connectivity index (χ0n) is 11.1. The Morgan fingerprint density at radius 2 is 1.90 bits per heavy atom. The molecule has 0 saturated heterocycles. The zero-order valence-corrected chi connectivity index (χ0v) is 11.8. The Morgan fingerprint density at radius 1 is 1.30 bits per heavy atom. The van der Waals surface area contributed by atoms with E-state index < -0.39 is 17.7 Å². The van der Waals surface area contributed by atoms with Crippen molar-refractivity contribution in [3.8, 4) is 0 Å². The Morgan fingerprint density at radius 3 is 2.40 bits per heavy atom. The minimum atomic E-state index is -0.923. The van der Waals surface area contributed by atoms with Crippen LogP contribution in [-0.4, -0.2) is 9.78 Å². The number of benzene rings is 1. The number of hydrogen-bond donors (Lipinski definition) is 2. The van der Waals surface area contributed by atoms with Crippen LogP contribution in [0.15, 0.2) is 24.4 Å². The largest absolute Gasteiger partial charge is 0.271 e. The van der Waals surface area contributed by atoms with Crippen LogP contribution >= 0.6 is 11.6 Å². The predicted molar refractivity (Wildman–Crippen MR) is 73.1 cm³/mol. The Balaban J connectivity index is 2.62. The molecule has 3 N–H and O–H groups in total. The Kier molecular flexibility index (Phi) is 4.37. The van der Waals surface area contributed by atoms with Gasteiger partial charge in [0.2, 0.25) is 0 Å². The molecule has 2 aromatic rings. The van der Waals surface area contributed by atoms with E-state index in [1.807, 2.05) is 13.8 Å². The Labute approximate surface area is 120 Å². The third-order valence-corrected chi connectivity index (χ3v) is 3.30. The minimum absolute atomic E-state index is 0.0248. The van der Waals surface area contributed by atoms with Gasteiger partial charge in [-0.05, 0) is 26.0 Å². The van der Waals surface area contributed by atoms with Crippen LogP contribution in [0.25, 0.3) is 0 Å². The van der Waals surface area contributed by atoms with Gasteiger partial charge >= 0.3 is 0 Å². The second-order valence-corrected chi connectivity index (χ2v) is 5.06. The molecule has 0 radical (unpaired) electrons. The number of nitrogens with one attached hydrogen (secondary N) is 1. The van der Waals surface area contributed by atoms with Crippen LogP contribution in [0.5, 0.6) is 0 Å². The molecule has 0 amide bonds. The highest BCUT2D eigenvalue weighted by molar-refractivity contribution is 6.31. The lowest BCUT2D eigenvalue weighted by Gasteiger charge is -2.21. The van der Waals surface area contributed by atoms with E-state index in [2.05, 4.69) is 10.5 Å². The maximum Gasteiger partial charge on any atom is 0.131 e. The van der Waals surface area contributed by atoms with E-state index in [4.69, 9.17) is 17.4 Å². The molecule has 0 aliphatic heterocycles. The standard InChI is InChI=1S/C13H15ClF2N4/c1-7(2)20-13(8(14)6-18-20)12(19-17)11-9(15)4-3-5-10(11)16/h3-7,12,19H,17H2,1-2H3. The first-order valence-electron chi connectivity index (χ1n) is 6.10. The lowest BCUT2D eigenvalue weighted by Crippen LogP contribution is -2.32. The molecule has 0 aliphatic rings. The molecule has 1 atom stereocenters. The topological polar surface area (TPSA) is 55.9 Å². The molecule has 2 rings (SSSR count). The number of nitrogens with two attached hydrogens (primary N) is 1. The van der Waals surface area contributed by atoms with Crippen molar-refractivity contribution in [2.75, 3.05) is 0 Å². The van der Waals surface area contributed by atoms with E-state index >= 15 is 0 Å². The summed E-state index contributed by atoms with van der Waals surface area (Å²) in [4.78, 5) is 0. The summed E-state index contributed by atoms with van der Waals surface area (Å²) in [6.07, 6.45) is 1.43. The lowest BCUT2D eigenvalue weighted by molar-refractivity contribution is 0.453. The molecule has 0 fully saturated rings. The minimum Gasteiger partial charge on any atom is -0.271 e. The Bertz CT molecular complexity index is 592. The molecule has 20 heavy (non-hydrogen) atoms. The fourth-order valence-corrected chi connectivity index (χ4v) is 2.36. The van der Waals surface area contributed by atoms with E-state index in [9.17, 15) is 8.78 Å². The molecule has 108 valence electrons. The van der Waals surface area contributed by atoms with E-state index in [1.165, 1.54) is 24.4 Å². The summed E-state index contributed by atoms with van der Waals surface area (Å²) in [6, 6.07) is 2.69. The summed E-state index contributed by atoms with van der Waals surface area (Å²) in [5.74, 6) is 4.10. The average molecular weight is 301 g/mol. The number of aromatic nitrogens is 2. The smallest absolute Gasteiger partial charge is 0.131 e. The number of hydrazine groups is 1. The van der Waals surface area contributed by atoms with Crippen LogP contribution in [0.3, 0.4) is 0 Å². The van der Waals surface area contributed by atoms with Crippen molar-refractivity contribution in [3.63, 3.8) is 0 Å². The van der Waals surface area contributed by atoms with Gasteiger partial charge in [0.1, 0.15) is 11.6 Å². The normalized spacial score (nSPS) is 12.9. The zero-order chi connectivity index (χ0) is 14.9. The third kappa shape index (κ3) is 2.54. The first-order valence-corrected chi connectivity index (χ1v) is 6.48. The molecule has 7 heteroatoms. The van der Waals surface area contributed by atoms with Gasteiger partial charge in [0.15, 0.2) is 0 Å². The molecular weight excluding hydrogens is 286 g/mol. The van der Waals surface area contributed by atoms with Gasteiger partial charge in [-0.25, -0.2) is 14.2 Å². The SMILES string of the molecule is CC(C)n1ncc(Cl)c1C(NN)c1c(F)cccc1F. The number of nitrogens with zero attached hydrogens (tertiary/aromatic N) is 2. The van der Waals surface area contributed by atoms with Crippen LogP contribution in [0, 0.1) is 11.6 Å². The summed E-state index contributed by atoms with van der Waals surface area (Å²) in [6.45, 7) is 3.77. The van der Waals surface area contributed by atoms with Crippen molar-refractivity contribution in [3.05, 3.63) is 52.3 Å². The van der Waals surface area contributed by atoms with Crippen molar-refractivity contribution < 1.29 is 8.78 Å². The van der Waals surface area contributed by atoms with Gasteiger partial charge in [-0.15, -0.1) is 0 Å². The van der Waals surface area contributed by atoms with Crippen molar-refractivity contribution in [1.82, 2.24) is 15.2 Å². The van der Waals surface area contributed by atoms with Crippen LogP contribution in [-0.2, 0) is 0 Å². The van der Waals surface area contributed by atoms with Crippen molar-refractivity contribution in [2.24, 2.45) is 5.84 Å². The number of hydrogen-bond acceptors (Lipinski definition) is 3. The lowest BCUT2D eigenvalue weighted by atomic mass is 10.0. The van der Waals surface area contributed by atoms with Gasteiger partial charge in [0.05, 0.1) is 23.0 Å². The fourth-order valence-electron chi connectivity index (χ4n) is 2.12. The highest BCUT2D eigenvalue weighted by Gasteiger charge is 2.27. The maximum atomic E-state index is 13.9. The van der Waals surface area contributed by atoms with Crippen molar-refractivity contribution >= 4 is 11.6 Å². The van der Waals surface area contributed by atoms with Gasteiger partial charge < -0.3 is 0 Å². The second kappa shape index (κ2) is 5.87. The van der Waals surface area contributed by atoms with Crippen molar-refractivity contribution in [1.29, 1.82) is 0 Å². The first-order chi connectivity index (χ1) is 9.47. The summed E-state index contributed by atoms with van der Waals surface area (Å²) in [5.41, 5.74) is 2.66. The van der Waals surface area contributed by atoms with Gasteiger partial charge in [0.25, 0.3) is 0 Å². The third-order valence-electron chi connectivity index (χ3n) is 3.00. The van der Waals surface area contributed by atoms with Crippen LogP contribution in [0.2, 0.25) is 5.02 Å². The summed E-state index contributed by atoms with van der Waals surface area (Å²) >= 11 is 6.09. The number of halogens is 3. The van der Waals surface area contributed by atoms with Gasteiger partial charge in [-0.2, -0.15) is 5.10 Å². The summed E-state index contributed by atoms with van der Waals surface area (Å²) in [5, 5.41) is 4.41.